The van der Waals surface area contributed by atoms with Crippen LogP contribution in [0.25, 0.3) is 22.3 Å². The van der Waals surface area contributed by atoms with Gasteiger partial charge in [0.1, 0.15) is 5.82 Å². The summed E-state index contributed by atoms with van der Waals surface area (Å²) in [6.45, 7) is 2.32. The highest BCUT2D eigenvalue weighted by molar-refractivity contribution is 6.30. The van der Waals surface area contributed by atoms with E-state index in [-0.39, 0.29) is 5.91 Å². The normalized spacial score (nSPS) is 11.1. The van der Waals surface area contributed by atoms with E-state index in [2.05, 4.69) is 20.1 Å². The third kappa shape index (κ3) is 5.06. The Balaban J connectivity index is 1.30. The van der Waals surface area contributed by atoms with Gasteiger partial charge in [-0.15, -0.1) is 0 Å². The molecule has 0 saturated carbocycles. The van der Waals surface area contributed by atoms with Gasteiger partial charge in [0, 0.05) is 41.6 Å². The Morgan fingerprint density at radius 1 is 1.06 bits per heavy atom. The molecule has 0 aliphatic heterocycles. The van der Waals surface area contributed by atoms with Crippen molar-refractivity contribution in [2.24, 2.45) is 0 Å². The fourth-order valence-electron chi connectivity index (χ4n) is 3.32. The number of aromatic nitrogens is 4. The molecular weight excluding hydrogens is 414 g/mol. The van der Waals surface area contributed by atoms with Crippen LogP contribution in [0.15, 0.2) is 53.1 Å². The number of carbonyl (C=O) groups excluding carboxylic acids is 1. The summed E-state index contributed by atoms with van der Waals surface area (Å²) in [7, 11) is 1.77. The van der Waals surface area contributed by atoms with Gasteiger partial charge in [0.05, 0.1) is 12.1 Å². The summed E-state index contributed by atoms with van der Waals surface area (Å²) < 4.78 is 5.30. The van der Waals surface area contributed by atoms with Gasteiger partial charge < -0.3 is 9.42 Å². The van der Waals surface area contributed by atoms with Gasteiger partial charge in [0.2, 0.25) is 17.6 Å². The third-order valence-electron chi connectivity index (χ3n) is 5.00. The zero-order valence-corrected chi connectivity index (χ0v) is 18.1. The molecule has 0 bridgehead atoms. The topological polar surface area (TPSA) is 85.0 Å². The van der Waals surface area contributed by atoms with Crippen molar-refractivity contribution >= 4 is 28.4 Å². The number of nitrogens with zero attached hydrogens (tertiary/aromatic N) is 5. The van der Waals surface area contributed by atoms with Crippen molar-refractivity contribution in [3.63, 3.8) is 0 Å². The van der Waals surface area contributed by atoms with Gasteiger partial charge in [-0.05, 0) is 43.7 Å². The van der Waals surface area contributed by atoms with E-state index in [4.69, 9.17) is 16.1 Å². The predicted molar refractivity (Wildman–Crippen MR) is 118 cm³/mol. The number of aryl methyl sites for hydroxylation is 2. The summed E-state index contributed by atoms with van der Waals surface area (Å²) in [6.07, 6.45) is 1.52. The number of rotatable bonds is 7. The zero-order valence-electron chi connectivity index (χ0n) is 17.4. The van der Waals surface area contributed by atoms with Crippen molar-refractivity contribution < 1.29 is 9.32 Å². The smallest absolute Gasteiger partial charge is 0.226 e. The highest BCUT2D eigenvalue weighted by atomic mass is 35.5. The van der Waals surface area contributed by atoms with Crippen LogP contribution >= 0.6 is 11.6 Å². The number of hydrogen-bond donors (Lipinski definition) is 0. The minimum absolute atomic E-state index is 0.0202. The predicted octanol–water partition coefficient (Wildman–Crippen LogP) is 4.62. The van der Waals surface area contributed by atoms with Gasteiger partial charge in [0.25, 0.3) is 0 Å². The Morgan fingerprint density at radius 3 is 2.65 bits per heavy atom. The molecule has 4 rings (SSSR count). The number of hydrogen-bond acceptors (Lipinski definition) is 6. The monoisotopic (exact) mass is 435 g/mol. The molecule has 0 unspecified atom stereocenters. The van der Waals surface area contributed by atoms with Crippen LogP contribution < -0.4 is 0 Å². The molecule has 158 valence electrons. The first-order chi connectivity index (χ1) is 15.0. The van der Waals surface area contributed by atoms with Crippen LogP contribution in [0, 0.1) is 6.92 Å². The molecule has 31 heavy (non-hydrogen) atoms. The van der Waals surface area contributed by atoms with Gasteiger partial charge >= 0.3 is 0 Å². The first-order valence-corrected chi connectivity index (χ1v) is 10.4. The summed E-state index contributed by atoms with van der Waals surface area (Å²) in [5.41, 5.74) is 2.63. The van der Waals surface area contributed by atoms with Crippen molar-refractivity contribution in [2.45, 2.75) is 32.7 Å². The number of benzene rings is 2. The van der Waals surface area contributed by atoms with E-state index < -0.39 is 0 Å². The van der Waals surface area contributed by atoms with E-state index >= 15 is 0 Å². The maximum absolute atomic E-state index is 12.5. The number of carbonyl (C=O) groups is 1. The third-order valence-corrected chi connectivity index (χ3v) is 5.25. The lowest BCUT2D eigenvalue weighted by Crippen LogP contribution is -2.27. The Hall–Kier alpha value is -3.32. The lowest BCUT2D eigenvalue weighted by molar-refractivity contribution is -0.130. The summed E-state index contributed by atoms with van der Waals surface area (Å²) in [5, 5.41) is 5.67. The van der Waals surface area contributed by atoms with Gasteiger partial charge in [-0.25, -0.2) is 9.97 Å². The van der Waals surface area contributed by atoms with Crippen LogP contribution in [0.4, 0.5) is 0 Å². The largest absolute Gasteiger partial charge is 0.339 e. The Bertz CT molecular complexity index is 1210. The highest BCUT2D eigenvalue weighted by Gasteiger charge is 2.14. The quantitative estimate of drug-likeness (QED) is 0.421. The van der Waals surface area contributed by atoms with Crippen molar-refractivity contribution in [3.05, 3.63) is 71.0 Å². The Morgan fingerprint density at radius 2 is 1.84 bits per heavy atom. The van der Waals surface area contributed by atoms with E-state index in [0.717, 1.165) is 22.2 Å². The van der Waals surface area contributed by atoms with Crippen LogP contribution in [0.2, 0.25) is 5.02 Å². The van der Waals surface area contributed by atoms with E-state index in [9.17, 15) is 4.79 Å². The SMILES string of the molecule is Cc1nc(CN(C)C(=O)CCCc2nc(-c3ccc(Cl)cc3)no2)nc2ccccc12. The average Bonchev–Trinajstić information content (AvgIpc) is 3.23. The van der Waals surface area contributed by atoms with Crippen molar-refractivity contribution in [1.29, 1.82) is 0 Å². The molecule has 0 N–H and O–H groups in total. The van der Waals surface area contributed by atoms with E-state index in [1.54, 1.807) is 24.1 Å². The van der Waals surface area contributed by atoms with Crippen LogP contribution in [-0.4, -0.2) is 38.0 Å². The average molecular weight is 436 g/mol. The fraction of sp³-hybridized carbons (Fsp3) is 0.261. The summed E-state index contributed by atoms with van der Waals surface area (Å²) >= 11 is 5.90. The molecule has 0 fully saturated rings. The second kappa shape index (κ2) is 9.22. The summed E-state index contributed by atoms with van der Waals surface area (Å²) in [6, 6.07) is 15.1. The van der Waals surface area contributed by atoms with E-state index in [0.29, 0.717) is 48.4 Å². The molecule has 0 spiro atoms. The van der Waals surface area contributed by atoms with Crippen LogP contribution in [0.1, 0.15) is 30.3 Å². The van der Waals surface area contributed by atoms with Gasteiger partial charge in [-0.2, -0.15) is 4.98 Å². The molecule has 0 aliphatic carbocycles. The molecule has 2 aromatic heterocycles. The molecule has 7 nitrogen and oxygen atoms in total. The van der Waals surface area contributed by atoms with Gasteiger partial charge in [-0.3, -0.25) is 4.79 Å². The van der Waals surface area contributed by atoms with Crippen LogP contribution in [-0.2, 0) is 17.8 Å². The van der Waals surface area contributed by atoms with Gasteiger partial charge in [0.15, 0.2) is 0 Å². The Kier molecular flexibility index (Phi) is 6.23. The second-order valence-electron chi connectivity index (χ2n) is 7.36. The van der Waals surface area contributed by atoms with Crippen LogP contribution in [0.5, 0.6) is 0 Å². The molecule has 8 heteroatoms. The molecular formula is C23H22ClN5O2. The molecule has 1 amide bonds. The maximum Gasteiger partial charge on any atom is 0.226 e. The highest BCUT2D eigenvalue weighted by Crippen LogP contribution is 2.19. The molecule has 0 radical (unpaired) electrons. The Labute approximate surface area is 185 Å². The molecule has 2 aromatic carbocycles. The number of amides is 1. The molecule has 2 heterocycles. The van der Waals surface area contributed by atoms with Crippen LogP contribution in [0.3, 0.4) is 0 Å². The second-order valence-corrected chi connectivity index (χ2v) is 7.80. The first-order valence-electron chi connectivity index (χ1n) is 10.0. The lowest BCUT2D eigenvalue weighted by atomic mass is 10.2. The fourth-order valence-corrected chi connectivity index (χ4v) is 3.45. The number of fused-ring (bicyclic) bond motifs is 1. The van der Waals surface area contributed by atoms with Crippen molar-refractivity contribution in [2.75, 3.05) is 7.05 Å². The lowest BCUT2D eigenvalue weighted by Gasteiger charge is -2.16. The first kappa shape index (κ1) is 20.9. The summed E-state index contributed by atoms with van der Waals surface area (Å²) in [5.74, 6) is 1.68. The molecule has 0 saturated heterocycles. The summed E-state index contributed by atoms with van der Waals surface area (Å²) in [4.78, 5) is 27.7. The minimum atomic E-state index is 0.0202. The maximum atomic E-state index is 12.5. The standard InChI is InChI=1S/C23H22ClN5O2/c1-15-18-6-3-4-7-19(18)26-20(25-15)14-29(2)22(30)9-5-8-21-27-23(28-31-21)16-10-12-17(24)13-11-16/h3-4,6-7,10-13H,5,8-9,14H2,1-2H3. The molecule has 0 atom stereocenters. The van der Waals surface area contributed by atoms with Gasteiger partial charge in [-0.1, -0.05) is 35.0 Å². The number of para-hydroxylation sites is 1. The zero-order chi connectivity index (χ0) is 21.8. The molecule has 4 aromatic rings. The van der Waals surface area contributed by atoms with E-state index in [1.165, 1.54) is 0 Å². The van der Waals surface area contributed by atoms with Crippen molar-refractivity contribution in [1.82, 2.24) is 25.0 Å². The number of halogens is 1. The van der Waals surface area contributed by atoms with E-state index in [1.807, 2.05) is 43.3 Å². The molecule has 0 aliphatic rings. The minimum Gasteiger partial charge on any atom is -0.339 e. The van der Waals surface area contributed by atoms with Crippen molar-refractivity contribution in [3.8, 4) is 11.4 Å².